The molecule has 0 saturated carbocycles. The fraction of sp³-hybridized carbons (Fsp3) is 0.375. The predicted octanol–water partition coefficient (Wildman–Crippen LogP) is 3.77. The number of nitrogens with zero attached hydrogens (tertiary/aromatic N) is 1. The number of carbonyl (C=O) groups is 1. The number of nitrogens with one attached hydrogen (secondary N) is 2. The number of hydrogen-bond donors (Lipinski definition) is 2. The number of benzene rings is 1. The summed E-state index contributed by atoms with van der Waals surface area (Å²) >= 11 is 1.43. The van der Waals surface area contributed by atoms with Gasteiger partial charge in [-0.2, -0.15) is 0 Å². The average Bonchev–Trinajstić information content (AvgIpc) is 2.94. The molecule has 2 aromatic rings. The molecule has 2 amide bonds. The minimum absolute atomic E-state index is 0.0235. The molecule has 1 aromatic heterocycles. The number of hydrogen-bond acceptors (Lipinski definition) is 4. The van der Waals surface area contributed by atoms with Gasteiger partial charge in [-0.05, 0) is 6.07 Å². The molecule has 0 aliphatic heterocycles. The first-order chi connectivity index (χ1) is 10.4. The molecular weight excluding hydrogens is 298 g/mol. The van der Waals surface area contributed by atoms with Gasteiger partial charge in [0.25, 0.3) is 0 Å². The van der Waals surface area contributed by atoms with Crippen LogP contribution in [0, 0.1) is 0 Å². The second-order valence-electron chi connectivity index (χ2n) is 5.91. The molecule has 22 heavy (non-hydrogen) atoms. The minimum Gasteiger partial charge on any atom is -0.496 e. The van der Waals surface area contributed by atoms with Crippen LogP contribution in [-0.4, -0.2) is 18.1 Å². The van der Waals surface area contributed by atoms with Crippen LogP contribution in [0.2, 0.25) is 0 Å². The molecule has 0 atom stereocenters. The van der Waals surface area contributed by atoms with Crippen molar-refractivity contribution in [3.8, 4) is 5.75 Å². The van der Waals surface area contributed by atoms with Crippen molar-refractivity contribution >= 4 is 22.5 Å². The monoisotopic (exact) mass is 319 g/mol. The number of amides is 2. The Morgan fingerprint density at radius 3 is 2.68 bits per heavy atom. The Kier molecular flexibility index (Phi) is 5.03. The Balaban J connectivity index is 1.92. The quantitative estimate of drug-likeness (QED) is 0.901. The molecule has 0 radical (unpaired) electrons. The highest BCUT2D eigenvalue weighted by molar-refractivity contribution is 7.13. The maximum absolute atomic E-state index is 11.9. The third-order valence-corrected chi connectivity index (χ3v) is 3.88. The topological polar surface area (TPSA) is 63.2 Å². The van der Waals surface area contributed by atoms with E-state index in [1.54, 1.807) is 7.11 Å². The number of thiazole rings is 1. The average molecular weight is 319 g/mol. The number of ether oxygens (including phenoxy) is 1. The van der Waals surface area contributed by atoms with E-state index in [2.05, 4.69) is 36.4 Å². The zero-order chi connectivity index (χ0) is 16.2. The Bertz CT molecular complexity index is 647. The van der Waals surface area contributed by atoms with Gasteiger partial charge in [-0.1, -0.05) is 39.0 Å². The number of aromatic nitrogens is 1. The van der Waals surface area contributed by atoms with Gasteiger partial charge in [0.15, 0.2) is 5.13 Å². The molecule has 0 spiro atoms. The maximum Gasteiger partial charge on any atom is 0.321 e. The van der Waals surface area contributed by atoms with Crippen LogP contribution in [0.25, 0.3) is 0 Å². The van der Waals surface area contributed by atoms with Crippen molar-refractivity contribution in [1.82, 2.24) is 10.3 Å². The molecule has 0 aliphatic carbocycles. The number of carbonyl (C=O) groups excluding carboxylic acids is 1. The van der Waals surface area contributed by atoms with Gasteiger partial charge in [0.05, 0.1) is 12.8 Å². The van der Waals surface area contributed by atoms with Crippen LogP contribution in [-0.2, 0) is 12.0 Å². The largest absolute Gasteiger partial charge is 0.496 e. The van der Waals surface area contributed by atoms with E-state index in [1.165, 1.54) is 11.3 Å². The number of para-hydroxylation sites is 1. The first-order valence-corrected chi connectivity index (χ1v) is 7.91. The Morgan fingerprint density at radius 2 is 2.05 bits per heavy atom. The summed E-state index contributed by atoms with van der Waals surface area (Å²) < 4.78 is 5.25. The fourth-order valence-electron chi connectivity index (χ4n) is 1.84. The molecule has 0 unspecified atom stereocenters. The van der Waals surface area contributed by atoms with Gasteiger partial charge in [-0.15, -0.1) is 11.3 Å². The lowest BCUT2D eigenvalue weighted by molar-refractivity contribution is 0.251. The summed E-state index contributed by atoms with van der Waals surface area (Å²) in [6.45, 7) is 6.67. The van der Waals surface area contributed by atoms with E-state index in [1.807, 2.05) is 29.6 Å². The fourth-order valence-corrected chi connectivity index (χ4v) is 2.77. The summed E-state index contributed by atoms with van der Waals surface area (Å²) in [5, 5.41) is 8.13. The van der Waals surface area contributed by atoms with Crippen LogP contribution >= 0.6 is 11.3 Å². The molecule has 6 heteroatoms. The van der Waals surface area contributed by atoms with E-state index in [4.69, 9.17) is 4.74 Å². The van der Waals surface area contributed by atoms with Crippen LogP contribution in [0.4, 0.5) is 9.93 Å². The highest BCUT2D eigenvalue weighted by atomic mass is 32.1. The van der Waals surface area contributed by atoms with Crippen LogP contribution in [0.3, 0.4) is 0 Å². The second-order valence-corrected chi connectivity index (χ2v) is 6.77. The zero-order valence-electron chi connectivity index (χ0n) is 13.3. The van der Waals surface area contributed by atoms with Gasteiger partial charge in [0.2, 0.25) is 0 Å². The molecule has 118 valence electrons. The van der Waals surface area contributed by atoms with Crippen molar-refractivity contribution in [2.45, 2.75) is 32.7 Å². The summed E-state index contributed by atoms with van der Waals surface area (Å²) in [4.78, 5) is 16.4. The van der Waals surface area contributed by atoms with Gasteiger partial charge in [0, 0.05) is 22.9 Å². The summed E-state index contributed by atoms with van der Waals surface area (Å²) in [5.41, 5.74) is 1.87. The van der Waals surface area contributed by atoms with Crippen molar-refractivity contribution in [1.29, 1.82) is 0 Å². The lowest BCUT2D eigenvalue weighted by Crippen LogP contribution is -2.28. The smallest absolute Gasteiger partial charge is 0.321 e. The van der Waals surface area contributed by atoms with Gasteiger partial charge in [-0.3, -0.25) is 5.32 Å². The zero-order valence-corrected chi connectivity index (χ0v) is 14.1. The molecule has 0 aliphatic rings. The van der Waals surface area contributed by atoms with E-state index in [-0.39, 0.29) is 11.4 Å². The van der Waals surface area contributed by atoms with Crippen molar-refractivity contribution in [2.24, 2.45) is 0 Å². The summed E-state index contributed by atoms with van der Waals surface area (Å²) in [6, 6.07) is 7.31. The number of methoxy groups -OCH3 is 1. The number of rotatable bonds is 4. The van der Waals surface area contributed by atoms with Gasteiger partial charge < -0.3 is 10.1 Å². The Hall–Kier alpha value is -2.08. The van der Waals surface area contributed by atoms with E-state index in [0.29, 0.717) is 11.7 Å². The molecule has 1 heterocycles. The first-order valence-electron chi connectivity index (χ1n) is 7.03. The van der Waals surface area contributed by atoms with Gasteiger partial charge in [0.1, 0.15) is 5.75 Å². The van der Waals surface area contributed by atoms with Crippen LogP contribution < -0.4 is 15.4 Å². The van der Waals surface area contributed by atoms with Crippen molar-refractivity contribution in [3.63, 3.8) is 0 Å². The van der Waals surface area contributed by atoms with Crippen molar-refractivity contribution < 1.29 is 9.53 Å². The van der Waals surface area contributed by atoms with Crippen molar-refractivity contribution in [2.75, 3.05) is 12.4 Å². The lowest BCUT2D eigenvalue weighted by Gasteiger charge is -2.14. The van der Waals surface area contributed by atoms with Crippen LogP contribution in [0.5, 0.6) is 5.75 Å². The number of urea groups is 1. The second kappa shape index (κ2) is 6.79. The predicted molar refractivity (Wildman–Crippen MR) is 89.7 cm³/mol. The molecule has 1 aromatic carbocycles. The summed E-state index contributed by atoms with van der Waals surface area (Å²) in [5.74, 6) is 0.757. The molecule has 2 rings (SSSR count). The first kappa shape index (κ1) is 16.3. The minimum atomic E-state index is -0.277. The van der Waals surface area contributed by atoms with Crippen molar-refractivity contribution in [3.05, 3.63) is 40.9 Å². The Morgan fingerprint density at radius 1 is 1.32 bits per heavy atom. The van der Waals surface area contributed by atoms with E-state index < -0.39 is 0 Å². The molecule has 0 fully saturated rings. The van der Waals surface area contributed by atoms with E-state index in [9.17, 15) is 4.79 Å². The SMILES string of the molecule is COc1ccccc1CNC(=O)Nc1nc(C(C)(C)C)cs1. The highest BCUT2D eigenvalue weighted by Crippen LogP contribution is 2.26. The van der Waals surface area contributed by atoms with E-state index in [0.717, 1.165) is 17.0 Å². The Labute approximate surface area is 134 Å². The molecule has 0 saturated heterocycles. The van der Waals surface area contributed by atoms with Gasteiger partial charge >= 0.3 is 6.03 Å². The van der Waals surface area contributed by atoms with Crippen LogP contribution in [0.1, 0.15) is 32.0 Å². The summed E-state index contributed by atoms with van der Waals surface area (Å²) in [6.07, 6.45) is 0. The molecule has 5 nitrogen and oxygen atoms in total. The third-order valence-electron chi connectivity index (χ3n) is 3.12. The standard InChI is InChI=1S/C16H21N3O2S/c1-16(2,3)13-10-22-15(18-13)19-14(20)17-9-11-7-5-6-8-12(11)21-4/h5-8,10H,9H2,1-4H3,(H2,17,18,19,20). The molecule has 2 N–H and O–H groups in total. The molecule has 0 bridgehead atoms. The summed E-state index contributed by atoms with van der Waals surface area (Å²) in [7, 11) is 1.61. The highest BCUT2D eigenvalue weighted by Gasteiger charge is 2.18. The lowest BCUT2D eigenvalue weighted by atomic mass is 9.93. The normalized spacial score (nSPS) is 11.1. The molecular formula is C16H21N3O2S. The van der Waals surface area contributed by atoms with Crippen LogP contribution in [0.15, 0.2) is 29.6 Å². The third kappa shape index (κ3) is 4.21. The van der Waals surface area contributed by atoms with E-state index >= 15 is 0 Å². The number of anilines is 1. The van der Waals surface area contributed by atoms with Gasteiger partial charge in [-0.25, -0.2) is 9.78 Å². The maximum atomic E-state index is 11.9.